The number of carbonyl (C=O) groups is 2. The van der Waals surface area contributed by atoms with Crippen LogP contribution in [-0.4, -0.2) is 34.4 Å². The van der Waals surface area contributed by atoms with Gasteiger partial charge in [-0.1, -0.05) is 12.1 Å². The highest BCUT2D eigenvalue weighted by molar-refractivity contribution is 5.89. The highest BCUT2D eigenvalue weighted by atomic mass is 19.1. The molecule has 0 aliphatic heterocycles. The smallest absolute Gasteiger partial charge is 0.319 e. The van der Waals surface area contributed by atoms with Gasteiger partial charge in [-0.05, 0) is 19.1 Å². The number of urea groups is 1. The van der Waals surface area contributed by atoms with E-state index in [0.29, 0.717) is 0 Å². The molecule has 0 aliphatic rings. The average molecular weight is 270 g/mol. The fraction of sp³-hybridized carbons (Fsp3) is 0.333. The highest BCUT2D eigenvalue weighted by Gasteiger charge is 2.24. The molecule has 2 amide bonds. The first kappa shape index (κ1) is 14.9. The van der Waals surface area contributed by atoms with Crippen molar-refractivity contribution in [3.8, 4) is 0 Å². The number of carbonyl (C=O) groups excluding carboxylic acids is 1. The van der Waals surface area contributed by atoms with Gasteiger partial charge in [0.25, 0.3) is 0 Å². The third-order valence-electron chi connectivity index (χ3n) is 2.28. The number of hydrogen-bond donors (Lipinski definition) is 4. The first-order valence-corrected chi connectivity index (χ1v) is 5.54. The molecular formula is C12H15FN2O4. The van der Waals surface area contributed by atoms with E-state index in [2.05, 4.69) is 10.6 Å². The predicted molar refractivity (Wildman–Crippen MR) is 66.3 cm³/mol. The Morgan fingerprint density at radius 2 is 2.00 bits per heavy atom. The molecule has 0 saturated heterocycles. The first-order valence-electron chi connectivity index (χ1n) is 5.54. The number of hydrogen-bond acceptors (Lipinski definition) is 3. The van der Waals surface area contributed by atoms with Crippen LogP contribution >= 0.6 is 0 Å². The van der Waals surface area contributed by atoms with Crippen molar-refractivity contribution < 1.29 is 24.2 Å². The standard InChI is InChI=1S/C12H15FN2O4/c1-12(19,6-10(16)17)7-14-11(18)15-9-5-3-2-4-8(9)13/h2-5,19H,6-7H2,1H3,(H,16,17)(H2,14,15,18). The number of halogens is 1. The second-order valence-corrected chi connectivity index (χ2v) is 4.35. The lowest BCUT2D eigenvalue weighted by atomic mass is 10.0. The molecule has 0 bridgehead atoms. The van der Waals surface area contributed by atoms with E-state index in [0.717, 1.165) is 0 Å². The van der Waals surface area contributed by atoms with Gasteiger partial charge < -0.3 is 20.8 Å². The number of carboxylic acid groups (broad SMARTS) is 1. The summed E-state index contributed by atoms with van der Waals surface area (Å²) in [6.45, 7) is 1.02. The fourth-order valence-corrected chi connectivity index (χ4v) is 1.39. The molecule has 19 heavy (non-hydrogen) atoms. The van der Waals surface area contributed by atoms with E-state index < -0.39 is 29.8 Å². The highest BCUT2D eigenvalue weighted by Crippen LogP contribution is 2.12. The fourth-order valence-electron chi connectivity index (χ4n) is 1.39. The van der Waals surface area contributed by atoms with Gasteiger partial charge in [0.15, 0.2) is 0 Å². The van der Waals surface area contributed by atoms with Crippen LogP contribution < -0.4 is 10.6 Å². The maximum absolute atomic E-state index is 13.2. The largest absolute Gasteiger partial charge is 0.481 e. The third kappa shape index (κ3) is 5.35. The van der Waals surface area contributed by atoms with Crippen molar-refractivity contribution in [2.24, 2.45) is 0 Å². The summed E-state index contributed by atoms with van der Waals surface area (Å²) in [4.78, 5) is 21.9. The number of nitrogens with one attached hydrogen (secondary N) is 2. The molecule has 6 nitrogen and oxygen atoms in total. The lowest BCUT2D eigenvalue weighted by molar-refractivity contribution is -0.141. The van der Waals surface area contributed by atoms with Crippen molar-refractivity contribution in [3.05, 3.63) is 30.1 Å². The quantitative estimate of drug-likeness (QED) is 0.645. The van der Waals surface area contributed by atoms with Crippen molar-refractivity contribution in [1.29, 1.82) is 0 Å². The maximum atomic E-state index is 13.2. The first-order chi connectivity index (χ1) is 8.80. The molecule has 0 fully saturated rings. The summed E-state index contributed by atoms with van der Waals surface area (Å²) < 4.78 is 13.2. The van der Waals surface area contributed by atoms with Gasteiger partial charge in [-0.15, -0.1) is 0 Å². The number of aliphatic carboxylic acids is 1. The van der Waals surface area contributed by atoms with E-state index in [1.54, 1.807) is 6.07 Å². The van der Waals surface area contributed by atoms with E-state index in [1.807, 2.05) is 0 Å². The molecule has 1 aromatic rings. The van der Waals surface area contributed by atoms with Gasteiger partial charge in [0.1, 0.15) is 5.82 Å². The van der Waals surface area contributed by atoms with Gasteiger partial charge >= 0.3 is 12.0 Å². The zero-order chi connectivity index (χ0) is 14.5. The number of rotatable bonds is 5. The second-order valence-electron chi connectivity index (χ2n) is 4.35. The van der Waals surface area contributed by atoms with Gasteiger partial charge in [0.05, 0.1) is 17.7 Å². The van der Waals surface area contributed by atoms with E-state index in [-0.39, 0.29) is 12.2 Å². The Labute approximate surface area is 109 Å². The molecule has 7 heteroatoms. The minimum Gasteiger partial charge on any atom is -0.481 e. The van der Waals surface area contributed by atoms with E-state index in [9.17, 15) is 19.1 Å². The summed E-state index contributed by atoms with van der Waals surface area (Å²) in [7, 11) is 0. The van der Waals surface area contributed by atoms with E-state index in [4.69, 9.17) is 5.11 Å². The van der Waals surface area contributed by atoms with Crippen LogP contribution in [0.1, 0.15) is 13.3 Å². The molecule has 104 valence electrons. The van der Waals surface area contributed by atoms with Gasteiger partial charge in [-0.2, -0.15) is 0 Å². The summed E-state index contributed by atoms with van der Waals surface area (Å²) in [5, 5.41) is 22.7. The molecule has 1 unspecified atom stereocenters. The Bertz CT molecular complexity index is 477. The van der Waals surface area contributed by atoms with Crippen LogP contribution in [0.2, 0.25) is 0 Å². The number of aliphatic hydroxyl groups is 1. The molecule has 1 aromatic carbocycles. The lowest BCUT2D eigenvalue weighted by Crippen LogP contribution is -2.43. The molecule has 0 radical (unpaired) electrons. The van der Waals surface area contributed by atoms with Gasteiger partial charge in [-0.25, -0.2) is 9.18 Å². The summed E-state index contributed by atoms with van der Waals surface area (Å²) in [5.74, 6) is -1.77. The molecule has 1 atom stereocenters. The summed E-state index contributed by atoms with van der Waals surface area (Å²) in [6, 6.07) is 4.88. The Morgan fingerprint density at radius 1 is 1.37 bits per heavy atom. The van der Waals surface area contributed by atoms with Crippen LogP contribution in [0.4, 0.5) is 14.9 Å². The summed E-state index contributed by atoms with van der Waals surface area (Å²) in [5.41, 5.74) is -1.57. The number of para-hydroxylation sites is 1. The second kappa shape index (κ2) is 6.14. The minimum absolute atomic E-state index is 0.00197. The number of benzene rings is 1. The van der Waals surface area contributed by atoms with Gasteiger partial charge in [-0.3, -0.25) is 4.79 Å². The van der Waals surface area contributed by atoms with Crippen LogP contribution in [-0.2, 0) is 4.79 Å². The Balaban J connectivity index is 2.49. The van der Waals surface area contributed by atoms with Crippen molar-refractivity contribution >= 4 is 17.7 Å². The number of amides is 2. The van der Waals surface area contributed by atoms with Crippen LogP contribution in [0.3, 0.4) is 0 Å². The minimum atomic E-state index is -1.57. The molecule has 0 aliphatic carbocycles. The lowest BCUT2D eigenvalue weighted by Gasteiger charge is -2.21. The molecular weight excluding hydrogens is 255 g/mol. The van der Waals surface area contributed by atoms with E-state index in [1.165, 1.54) is 25.1 Å². The summed E-state index contributed by atoms with van der Waals surface area (Å²) >= 11 is 0. The Kier molecular flexibility index (Phi) is 4.82. The van der Waals surface area contributed by atoms with Crippen molar-refractivity contribution in [1.82, 2.24) is 5.32 Å². The zero-order valence-electron chi connectivity index (χ0n) is 10.3. The normalized spacial score (nSPS) is 13.4. The van der Waals surface area contributed by atoms with Crippen molar-refractivity contribution in [2.45, 2.75) is 18.9 Å². The Morgan fingerprint density at radius 3 is 2.58 bits per heavy atom. The zero-order valence-corrected chi connectivity index (χ0v) is 10.3. The van der Waals surface area contributed by atoms with Crippen molar-refractivity contribution in [3.63, 3.8) is 0 Å². The molecule has 0 heterocycles. The SMILES string of the molecule is CC(O)(CNC(=O)Nc1ccccc1F)CC(=O)O. The molecule has 0 spiro atoms. The number of carboxylic acids is 1. The Hall–Kier alpha value is -2.15. The number of anilines is 1. The van der Waals surface area contributed by atoms with Gasteiger partial charge in [0.2, 0.25) is 0 Å². The average Bonchev–Trinajstić information content (AvgIpc) is 2.28. The van der Waals surface area contributed by atoms with Crippen LogP contribution in [0, 0.1) is 5.82 Å². The van der Waals surface area contributed by atoms with Crippen LogP contribution in [0.5, 0.6) is 0 Å². The topological polar surface area (TPSA) is 98.7 Å². The third-order valence-corrected chi connectivity index (χ3v) is 2.28. The molecule has 4 N–H and O–H groups in total. The van der Waals surface area contributed by atoms with Gasteiger partial charge in [0, 0.05) is 6.54 Å². The monoisotopic (exact) mass is 270 g/mol. The predicted octanol–water partition coefficient (Wildman–Crippen LogP) is 1.17. The molecule has 1 rings (SSSR count). The maximum Gasteiger partial charge on any atom is 0.319 e. The van der Waals surface area contributed by atoms with E-state index >= 15 is 0 Å². The van der Waals surface area contributed by atoms with Crippen LogP contribution in [0.15, 0.2) is 24.3 Å². The summed E-state index contributed by atoms with van der Waals surface area (Å²) in [6.07, 6.45) is -0.507. The molecule has 0 saturated carbocycles. The van der Waals surface area contributed by atoms with Crippen molar-refractivity contribution in [2.75, 3.05) is 11.9 Å². The van der Waals surface area contributed by atoms with Crippen LogP contribution in [0.25, 0.3) is 0 Å². The molecule has 0 aromatic heterocycles.